The molecular weight excluding hydrogens is 366 g/mol. The maximum Gasteiger partial charge on any atom is 0.232 e. The lowest BCUT2D eigenvalue weighted by atomic mass is 10.1. The quantitative estimate of drug-likeness (QED) is 0.719. The van der Waals surface area contributed by atoms with E-state index in [1.165, 1.54) is 5.56 Å². The zero-order chi connectivity index (χ0) is 17.8. The minimum atomic E-state index is 0. The Kier molecular flexibility index (Phi) is 6.39. The molecule has 1 aromatic carbocycles. The summed E-state index contributed by atoms with van der Waals surface area (Å²) in [5.41, 5.74) is 9.34. The maximum atomic E-state index is 5.65. The molecule has 2 aromatic heterocycles. The highest BCUT2D eigenvalue weighted by molar-refractivity contribution is 5.85. The van der Waals surface area contributed by atoms with Gasteiger partial charge in [0.15, 0.2) is 0 Å². The largest absolute Gasteiger partial charge is 0.397 e. The molecule has 0 aliphatic carbocycles. The summed E-state index contributed by atoms with van der Waals surface area (Å²) in [6.45, 7) is 4.52. The molecule has 0 amide bonds. The molecule has 0 spiro atoms. The van der Waals surface area contributed by atoms with Crippen molar-refractivity contribution in [3.05, 3.63) is 59.7 Å². The number of anilines is 1. The number of halogens is 1. The van der Waals surface area contributed by atoms with E-state index in [-0.39, 0.29) is 12.4 Å². The third-order valence-electron chi connectivity index (χ3n) is 4.37. The summed E-state index contributed by atoms with van der Waals surface area (Å²) in [4.78, 5) is 11.1. The molecular formula is C19H22ClN5O2. The number of pyridine rings is 1. The van der Waals surface area contributed by atoms with E-state index in [1.807, 2.05) is 24.3 Å². The van der Waals surface area contributed by atoms with Crippen molar-refractivity contribution in [2.75, 3.05) is 32.0 Å². The van der Waals surface area contributed by atoms with Gasteiger partial charge >= 0.3 is 0 Å². The number of nitrogens with zero attached hydrogens (tertiary/aromatic N) is 4. The van der Waals surface area contributed by atoms with Crippen LogP contribution in [-0.4, -0.2) is 46.3 Å². The molecule has 3 aromatic rings. The van der Waals surface area contributed by atoms with Gasteiger partial charge in [0.25, 0.3) is 0 Å². The fourth-order valence-electron chi connectivity index (χ4n) is 2.92. The van der Waals surface area contributed by atoms with Crippen LogP contribution in [0.4, 0.5) is 5.69 Å². The Labute approximate surface area is 164 Å². The molecule has 0 unspecified atom stereocenters. The number of hydrogen-bond acceptors (Lipinski definition) is 7. The Morgan fingerprint density at radius 1 is 1.04 bits per heavy atom. The van der Waals surface area contributed by atoms with Gasteiger partial charge in [-0.25, -0.2) is 0 Å². The van der Waals surface area contributed by atoms with Gasteiger partial charge in [0.1, 0.15) is 0 Å². The standard InChI is InChI=1S/C19H21N5O2.ClH/c20-16-5-6-17(21-12-16)11-18-22-19(23-26-18)15-3-1-14(2-4-15)13-24-7-9-25-10-8-24;/h1-6,12H,7-11,13,20H2;1H. The smallest absolute Gasteiger partial charge is 0.232 e. The Bertz CT molecular complexity index is 845. The van der Waals surface area contributed by atoms with E-state index >= 15 is 0 Å². The minimum absolute atomic E-state index is 0. The Morgan fingerprint density at radius 3 is 2.52 bits per heavy atom. The summed E-state index contributed by atoms with van der Waals surface area (Å²) >= 11 is 0. The highest BCUT2D eigenvalue weighted by Crippen LogP contribution is 2.18. The number of ether oxygens (including phenoxy) is 1. The fourth-order valence-corrected chi connectivity index (χ4v) is 2.92. The van der Waals surface area contributed by atoms with Gasteiger partial charge in [-0.2, -0.15) is 4.98 Å². The van der Waals surface area contributed by atoms with Crippen LogP contribution in [0.2, 0.25) is 0 Å². The van der Waals surface area contributed by atoms with Gasteiger partial charge in [-0.05, 0) is 17.7 Å². The van der Waals surface area contributed by atoms with Crippen molar-refractivity contribution in [2.45, 2.75) is 13.0 Å². The number of nitrogens with two attached hydrogens (primary N) is 1. The molecule has 0 atom stereocenters. The molecule has 3 heterocycles. The van der Waals surface area contributed by atoms with E-state index < -0.39 is 0 Å². The van der Waals surface area contributed by atoms with Crippen molar-refractivity contribution < 1.29 is 9.26 Å². The molecule has 7 nitrogen and oxygen atoms in total. The van der Waals surface area contributed by atoms with Gasteiger partial charge in [-0.1, -0.05) is 29.4 Å². The van der Waals surface area contributed by atoms with Crippen molar-refractivity contribution in [3.63, 3.8) is 0 Å². The van der Waals surface area contributed by atoms with Crippen molar-refractivity contribution in [1.29, 1.82) is 0 Å². The van der Waals surface area contributed by atoms with Crippen LogP contribution in [0.25, 0.3) is 11.4 Å². The molecule has 142 valence electrons. The first kappa shape index (κ1) is 19.3. The first-order valence-electron chi connectivity index (χ1n) is 8.69. The third kappa shape index (κ3) is 5.03. The van der Waals surface area contributed by atoms with E-state index in [1.54, 1.807) is 6.20 Å². The second-order valence-corrected chi connectivity index (χ2v) is 6.36. The Balaban J connectivity index is 0.00000210. The van der Waals surface area contributed by atoms with Crippen LogP contribution in [0.3, 0.4) is 0 Å². The lowest BCUT2D eigenvalue weighted by molar-refractivity contribution is 0.0342. The SMILES string of the molecule is Cl.Nc1ccc(Cc2nc(-c3ccc(CN4CCOCC4)cc3)no2)nc1. The van der Waals surface area contributed by atoms with E-state index in [0.717, 1.165) is 44.1 Å². The van der Waals surface area contributed by atoms with Gasteiger partial charge in [-0.3, -0.25) is 9.88 Å². The molecule has 27 heavy (non-hydrogen) atoms. The molecule has 1 saturated heterocycles. The van der Waals surface area contributed by atoms with Crippen molar-refractivity contribution >= 4 is 18.1 Å². The van der Waals surface area contributed by atoms with Crippen LogP contribution >= 0.6 is 12.4 Å². The molecule has 0 radical (unpaired) electrons. The van der Waals surface area contributed by atoms with E-state index in [4.69, 9.17) is 15.0 Å². The molecule has 1 fully saturated rings. The summed E-state index contributed by atoms with van der Waals surface area (Å²) in [7, 11) is 0. The van der Waals surface area contributed by atoms with E-state index in [0.29, 0.717) is 23.8 Å². The third-order valence-corrected chi connectivity index (χ3v) is 4.37. The van der Waals surface area contributed by atoms with Crippen LogP contribution in [0, 0.1) is 0 Å². The molecule has 0 saturated carbocycles. The van der Waals surface area contributed by atoms with Gasteiger partial charge in [0, 0.05) is 30.9 Å². The summed E-state index contributed by atoms with van der Waals surface area (Å²) in [6.07, 6.45) is 2.11. The summed E-state index contributed by atoms with van der Waals surface area (Å²) in [5, 5.41) is 4.08. The van der Waals surface area contributed by atoms with Crippen LogP contribution in [-0.2, 0) is 17.7 Å². The first-order valence-corrected chi connectivity index (χ1v) is 8.69. The summed E-state index contributed by atoms with van der Waals surface area (Å²) in [5.74, 6) is 1.13. The van der Waals surface area contributed by atoms with E-state index in [2.05, 4.69) is 32.2 Å². The van der Waals surface area contributed by atoms with Gasteiger partial charge in [0.2, 0.25) is 11.7 Å². The van der Waals surface area contributed by atoms with Crippen LogP contribution < -0.4 is 5.73 Å². The lowest BCUT2D eigenvalue weighted by Crippen LogP contribution is -2.35. The van der Waals surface area contributed by atoms with Crippen LogP contribution in [0.5, 0.6) is 0 Å². The van der Waals surface area contributed by atoms with Crippen LogP contribution in [0.15, 0.2) is 47.1 Å². The maximum absolute atomic E-state index is 5.65. The fraction of sp³-hybridized carbons (Fsp3) is 0.316. The normalized spacial score (nSPS) is 14.7. The number of rotatable bonds is 5. The number of morpholine rings is 1. The summed E-state index contributed by atoms with van der Waals surface area (Å²) in [6, 6.07) is 12.0. The predicted molar refractivity (Wildman–Crippen MR) is 105 cm³/mol. The zero-order valence-electron chi connectivity index (χ0n) is 14.9. The number of hydrogen-bond donors (Lipinski definition) is 1. The Hall–Kier alpha value is -2.48. The number of benzene rings is 1. The van der Waals surface area contributed by atoms with Gasteiger partial charge < -0.3 is 15.0 Å². The molecule has 2 N–H and O–H groups in total. The van der Waals surface area contributed by atoms with Gasteiger partial charge in [-0.15, -0.1) is 12.4 Å². The molecule has 4 rings (SSSR count). The second-order valence-electron chi connectivity index (χ2n) is 6.36. The van der Waals surface area contributed by atoms with Crippen molar-refractivity contribution in [2.24, 2.45) is 0 Å². The molecule has 1 aliphatic rings. The predicted octanol–water partition coefficient (Wildman–Crippen LogP) is 2.56. The second kappa shape index (κ2) is 8.94. The average Bonchev–Trinajstić information content (AvgIpc) is 3.14. The van der Waals surface area contributed by atoms with Crippen LogP contribution in [0.1, 0.15) is 17.1 Å². The number of nitrogen functional groups attached to an aromatic ring is 1. The number of aromatic nitrogens is 3. The zero-order valence-corrected chi connectivity index (χ0v) is 15.7. The lowest BCUT2D eigenvalue weighted by Gasteiger charge is -2.26. The average molecular weight is 388 g/mol. The topological polar surface area (TPSA) is 90.3 Å². The van der Waals surface area contributed by atoms with Gasteiger partial charge in [0.05, 0.1) is 31.5 Å². The summed E-state index contributed by atoms with van der Waals surface area (Å²) < 4.78 is 10.7. The van der Waals surface area contributed by atoms with E-state index in [9.17, 15) is 0 Å². The minimum Gasteiger partial charge on any atom is -0.397 e. The molecule has 0 bridgehead atoms. The molecule has 8 heteroatoms. The van der Waals surface area contributed by atoms with Crippen molar-refractivity contribution in [1.82, 2.24) is 20.0 Å². The highest BCUT2D eigenvalue weighted by Gasteiger charge is 2.12. The Morgan fingerprint density at radius 2 is 1.81 bits per heavy atom. The first-order chi connectivity index (χ1) is 12.8. The molecule has 1 aliphatic heterocycles. The monoisotopic (exact) mass is 387 g/mol. The van der Waals surface area contributed by atoms with Crippen molar-refractivity contribution in [3.8, 4) is 11.4 Å². The highest BCUT2D eigenvalue weighted by atomic mass is 35.5.